The van der Waals surface area contributed by atoms with Crippen LogP contribution in [0.2, 0.25) is 0 Å². The largest absolute Gasteiger partial charge is 0.375 e. The minimum atomic E-state index is 0.698. The Morgan fingerprint density at radius 2 is 2.21 bits per heavy atom. The number of fused-ring (bicyclic) bond motifs is 1. The van der Waals surface area contributed by atoms with E-state index in [1.807, 2.05) is 18.2 Å². The molecule has 4 heteroatoms. The summed E-state index contributed by atoms with van der Waals surface area (Å²) >= 11 is 7.12. The van der Waals surface area contributed by atoms with Gasteiger partial charge in [-0.3, -0.25) is 0 Å². The van der Waals surface area contributed by atoms with E-state index >= 15 is 0 Å². The van der Waals surface area contributed by atoms with Gasteiger partial charge in [0.15, 0.2) is 0 Å². The highest BCUT2D eigenvalue weighted by atomic mass is 35.5. The molecule has 1 aromatic carbocycles. The van der Waals surface area contributed by atoms with Crippen molar-refractivity contribution in [3.05, 3.63) is 24.3 Å². The van der Waals surface area contributed by atoms with Crippen molar-refractivity contribution in [2.75, 3.05) is 17.7 Å². The molecular weight excluding hydrogens is 216 g/mol. The molecule has 0 aliphatic carbocycles. The molecule has 0 atom stereocenters. The fourth-order valence-corrected chi connectivity index (χ4v) is 2.21. The first-order valence-corrected chi connectivity index (χ1v) is 5.87. The Hall–Kier alpha value is -0.800. The van der Waals surface area contributed by atoms with Gasteiger partial charge in [0, 0.05) is 17.8 Å². The average molecular weight is 227 g/mol. The number of hydrogen-bond acceptors (Lipinski definition) is 3. The molecule has 0 aliphatic rings. The van der Waals surface area contributed by atoms with Crippen LogP contribution in [0.4, 0.5) is 5.00 Å². The molecule has 1 N–H and O–H groups in total. The van der Waals surface area contributed by atoms with E-state index in [0.717, 1.165) is 23.5 Å². The molecule has 0 saturated carbocycles. The van der Waals surface area contributed by atoms with Gasteiger partial charge in [0.2, 0.25) is 0 Å². The Morgan fingerprint density at radius 1 is 1.36 bits per heavy atom. The molecule has 0 fully saturated rings. The first kappa shape index (κ1) is 9.74. The smallest absolute Gasteiger partial charge is 0.117 e. The maximum atomic E-state index is 5.61. The molecule has 1 heterocycles. The van der Waals surface area contributed by atoms with E-state index < -0.39 is 0 Å². The van der Waals surface area contributed by atoms with Gasteiger partial charge in [-0.05, 0) is 30.1 Å². The molecule has 0 saturated heterocycles. The number of anilines is 1. The summed E-state index contributed by atoms with van der Waals surface area (Å²) in [5.74, 6) is 0.698. The molecule has 1 aromatic heterocycles. The van der Waals surface area contributed by atoms with Crippen molar-refractivity contribution in [1.82, 2.24) is 4.37 Å². The van der Waals surface area contributed by atoms with Crippen LogP contribution in [0.1, 0.15) is 6.42 Å². The number of rotatable bonds is 4. The fourth-order valence-electron chi connectivity index (χ4n) is 1.29. The van der Waals surface area contributed by atoms with Gasteiger partial charge in [-0.1, -0.05) is 12.1 Å². The SMILES string of the molecule is ClCCCNc1snc2ccccc12. The summed E-state index contributed by atoms with van der Waals surface area (Å²) in [6.07, 6.45) is 0.980. The lowest BCUT2D eigenvalue weighted by Gasteiger charge is -2.00. The topological polar surface area (TPSA) is 24.9 Å². The standard InChI is InChI=1S/C10H11ClN2S/c11-6-3-7-12-10-8-4-1-2-5-9(8)13-14-10/h1-2,4-5,12H,3,6-7H2. The molecule has 14 heavy (non-hydrogen) atoms. The van der Waals surface area contributed by atoms with Gasteiger partial charge in [0.25, 0.3) is 0 Å². The molecule has 0 radical (unpaired) electrons. The Balaban J connectivity index is 2.17. The zero-order valence-electron chi connectivity index (χ0n) is 7.66. The van der Waals surface area contributed by atoms with Crippen LogP contribution in [-0.2, 0) is 0 Å². The number of benzene rings is 1. The van der Waals surface area contributed by atoms with Gasteiger partial charge in [0.05, 0.1) is 5.52 Å². The molecule has 2 aromatic rings. The lowest BCUT2D eigenvalue weighted by Crippen LogP contribution is -2.00. The van der Waals surface area contributed by atoms with Gasteiger partial charge in [-0.2, -0.15) is 4.37 Å². The van der Waals surface area contributed by atoms with Crippen molar-refractivity contribution in [2.24, 2.45) is 0 Å². The van der Waals surface area contributed by atoms with Crippen LogP contribution in [0.25, 0.3) is 10.9 Å². The van der Waals surface area contributed by atoms with Crippen LogP contribution in [0, 0.1) is 0 Å². The third-order valence-corrected chi connectivity index (χ3v) is 3.08. The van der Waals surface area contributed by atoms with Crippen LogP contribution in [0.15, 0.2) is 24.3 Å². The predicted octanol–water partition coefficient (Wildman–Crippen LogP) is 3.34. The molecule has 0 amide bonds. The molecule has 2 rings (SSSR count). The second-order valence-electron chi connectivity index (χ2n) is 3.00. The minimum Gasteiger partial charge on any atom is -0.375 e. The second-order valence-corrected chi connectivity index (χ2v) is 4.15. The Bertz CT molecular complexity index is 413. The quantitative estimate of drug-likeness (QED) is 0.639. The van der Waals surface area contributed by atoms with Crippen molar-refractivity contribution < 1.29 is 0 Å². The van der Waals surface area contributed by atoms with Crippen LogP contribution < -0.4 is 5.32 Å². The highest BCUT2D eigenvalue weighted by Gasteiger charge is 2.03. The first-order valence-electron chi connectivity index (χ1n) is 4.56. The second kappa shape index (κ2) is 4.62. The number of alkyl halides is 1. The lowest BCUT2D eigenvalue weighted by molar-refractivity contribution is 0.992. The third-order valence-electron chi connectivity index (χ3n) is 1.98. The zero-order valence-corrected chi connectivity index (χ0v) is 9.24. The van der Waals surface area contributed by atoms with Crippen molar-refractivity contribution in [2.45, 2.75) is 6.42 Å². The van der Waals surface area contributed by atoms with E-state index in [4.69, 9.17) is 11.6 Å². The van der Waals surface area contributed by atoms with E-state index in [0.29, 0.717) is 5.88 Å². The summed E-state index contributed by atoms with van der Waals surface area (Å²) in [6, 6.07) is 8.15. The monoisotopic (exact) mass is 226 g/mol. The van der Waals surface area contributed by atoms with Gasteiger partial charge in [0.1, 0.15) is 5.00 Å². The summed E-state index contributed by atoms with van der Waals surface area (Å²) in [7, 11) is 0. The first-order chi connectivity index (χ1) is 6.92. The number of nitrogens with one attached hydrogen (secondary N) is 1. The average Bonchev–Trinajstić information content (AvgIpc) is 2.63. The van der Waals surface area contributed by atoms with Crippen molar-refractivity contribution in [3.63, 3.8) is 0 Å². The van der Waals surface area contributed by atoms with Crippen molar-refractivity contribution in [3.8, 4) is 0 Å². The van der Waals surface area contributed by atoms with Crippen LogP contribution in [0.5, 0.6) is 0 Å². The highest BCUT2D eigenvalue weighted by Crippen LogP contribution is 2.26. The highest BCUT2D eigenvalue weighted by molar-refractivity contribution is 7.11. The fraction of sp³-hybridized carbons (Fsp3) is 0.300. The lowest BCUT2D eigenvalue weighted by atomic mass is 10.2. The molecular formula is C10H11ClN2S. The van der Waals surface area contributed by atoms with E-state index in [2.05, 4.69) is 15.8 Å². The minimum absolute atomic E-state index is 0.698. The molecule has 0 aliphatic heterocycles. The van der Waals surface area contributed by atoms with Crippen LogP contribution in [-0.4, -0.2) is 16.8 Å². The van der Waals surface area contributed by atoms with Crippen LogP contribution in [0.3, 0.4) is 0 Å². The summed E-state index contributed by atoms with van der Waals surface area (Å²) in [5.41, 5.74) is 1.06. The van der Waals surface area contributed by atoms with Gasteiger partial charge in [-0.25, -0.2) is 0 Å². The van der Waals surface area contributed by atoms with Gasteiger partial charge < -0.3 is 5.32 Å². The maximum Gasteiger partial charge on any atom is 0.117 e. The molecule has 0 spiro atoms. The number of hydrogen-bond donors (Lipinski definition) is 1. The van der Waals surface area contributed by atoms with Crippen molar-refractivity contribution in [1.29, 1.82) is 0 Å². The molecule has 2 nitrogen and oxygen atoms in total. The predicted molar refractivity (Wildman–Crippen MR) is 63.4 cm³/mol. The Kier molecular flexibility index (Phi) is 3.22. The van der Waals surface area contributed by atoms with Crippen LogP contribution >= 0.6 is 23.1 Å². The van der Waals surface area contributed by atoms with Crippen molar-refractivity contribution >= 4 is 39.0 Å². The summed E-state index contributed by atoms with van der Waals surface area (Å²) in [4.78, 5) is 0. The number of nitrogens with zero attached hydrogens (tertiary/aromatic N) is 1. The molecule has 74 valence electrons. The molecule has 0 bridgehead atoms. The number of aromatic nitrogens is 1. The van der Waals surface area contributed by atoms with E-state index in [1.54, 1.807) is 0 Å². The Morgan fingerprint density at radius 3 is 3.07 bits per heavy atom. The van der Waals surface area contributed by atoms with Gasteiger partial charge in [-0.15, -0.1) is 11.6 Å². The van der Waals surface area contributed by atoms with E-state index in [9.17, 15) is 0 Å². The van der Waals surface area contributed by atoms with E-state index in [1.165, 1.54) is 16.9 Å². The summed E-state index contributed by atoms with van der Waals surface area (Å²) in [5, 5.41) is 5.69. The third kappa shape index (κ3) is 1.99. The summed E-state index contributed by atoms with van der Waals surface area (Å²) < 4.78 is 4.34. The summed E-state index contributed by atoms with van der Waals surface area (Å²) in [6.45, 7) is 0.912. The van der Waals surface area contributed by atoms with Gasteiger partial charge >= 0.3 is 0 Å². The number of halogens is 1. The molecule has 0 unspecified atom stereocenters. The normalized spacial score (nSPS) is 10.6. The zero-order chi connectivity index (χ0) is 9.80. The van der Waals surface area contributed by atoms with E-state index in [-0.39, 0.29) is 0 Å². The maximum absolute atomic E-state index is 5.61. The Labute approximate surface area is 92.1 Å².